The highest BCUT2D eigenvalue weighted by atomic mass is 16.5. The number of oxazole rings is 1. The van der Waals surface area contributed by atoms with Crippen LogP contribution in [-0.4, -0.2) is 32.2 Å². The Morgan fingerprint density at radius 2 is 1.86 bits per heavy atom. The lowest BCUT2D eigenvalue weighted by molar-refractivity contribution is 0.320. The summed E-state index contributed by atoms with van der Waals surface area (Å²) in [5, 5.41) is 13.7. The lowest BCUT2D eigenvalue weighted by Gasteiger charge is -2.05. The van der Waals surface area contributed by atoms with Gasteiger partial charge in [0.1, 0.15) is 11.5 Å². The Morgan fingerprint density at radius 1 is 1.04 bits per heavy atom. The molecule has 0 fully saturated rings. The molecule has 0 spiro atoms. The number of nitrogens with one attached hydrogen (secondary N) is 1. The fourth-order valence-electron chi connectivity index (χ4n) is 2.72. The van der Waals surface area contributed by atoms with E-state index in [1.165, 1.54) is 0 Å². The van der Waals surface area contributed by atoms with Crippen LogP contribution in [-0.2, 0) is 6.42 Å². The van der Waals surface area contributed by atoms with Gasteiger partial charge in [-0.25, -0.2) is 4.98 Å². The molecule has 140 valence electrons. The van der Waals surface area contributed by atoms with E-state index in [1.54, 1.807) is 6.08 Å². The molecule has 0 aliphatic heterocycles. The molecule has 4 rings (SSSR count). The van der Waals surface area contributed by atoms with Crippen LogP contribution in [0.3, 0.4) is 0 Å². The number of hydrogen-bond acceptors (Lipinski definition) is 6. The van der Waals surface area contributed by atoms with E-state index in [4.69, 9.17) is 9.15 Å². The van der Waals surface area contributed by atoms with Crippen LogP contribution in [0.5, 0.6) is 5.75 Å². The zero-order valence-electron chi connectivity index (χ0n) is 15.4. The summed E-state index contributed by atoms with van der Waals surface area (Å²) < 4.78 is 11.6. The molecule has 0 radical (unpaired) electrons. The largest absolute Gasteiger partial charge is 0.493 e. The number of aromatic nitrogens is 5. The summed E-state index contributed by atoms with van der Waals surface area (Å²) >= 11 is 0. The van der Waals surface area contributed by atoms with Crippen LogP contribution in [0.25, 0.3) is 23.6 Å². The average Bonchev–Trinajstić information content (AvgIpc) is 3.38. The van der Waals surface area contributed by atoms with E-state index in [9.17, 15) is 0 Å². The van der Waals surface area contributed by atoms with Crippen molar-refractivity contribution in [2.24, 2.45) is 0 Å². The Hall–Kier alpha value is -3.74. The molecule has 0 aliphatic rings. The topological polar surface area (TPSA) is 89.7 Å². The van der Waals surface area contributed by atoms with Gasteiger partial charge in [-0.15, -0.1) is 10.2 Å². The van der Waals surface area contributed by atoms with Crippen molar-refractivity contribution in [3.63, 3.8) is 0 Å². The van der Waals surface area contributed by atoms with E-state index < -0.39 is 0 Å². The van der Waals surface area contributed by atoms with Gasteiger partial charge in [0, 0.05) is 12.0 Å². The fraction of sp³-hybridized carbons (Fsp3) is 0.143. The van der Waals surface area contributed by atoms with Crippen molar-refractivity contribution in [3.05, 3.63) is 77.4 Å². The molecule has 0 saturated carbocycles. The first-order valence-electron chi connectivity index (χ1n) is 8.94. The second-order valence-corrected chi connectivity index (χ2v) is 6.16. The number of nitrogens with zero attached hydrogens (tertiary/aromatic N) is 4. The van der Waals surface area contributed by atoms with E-state index in [1.807, 2.05) is 67.6 Å². The van der Waals surface area contributed by atoms with Crippen LogP contribution in [0.4, 0.5) is 0 Å². The smallest absolute Gasteiger partial charge is 0.226 e. The molecule has 2 aromatic heterocycles. The minimum absolute atomic E-state index is 0.527. The Morgan fingerprint density at radius 3 is 2.61 bits per heavy atom. The first-order valence-corrected chi connectivity index (χ1v) is 8.94. The molecule has 4 aromatic rings. The monoisotopic (exact) mass is 373 g/mol. The predicted octanol–water partition coefficient (Wildman–Crippen LogP) is 3.96. The second kappa shape index (κ2) is 8.30. The van der Waals surface area contributed by atoms with Crippen LogP contribution >= 0.6 is 0 Å². The van der Waals surface area contributed by atoms with Gasteiger partial charge in [0.05, 0.1) is 12.3 Å². The number of ether oxygens (including phenoxy) is 1. The molecule has 28 heavy (non-hydrogen) atoms. The van der Waals surface area contributed by atoms with E-state index in [2.05, 4.69) is 25.6 Å². The van der Waals surface area contributed by atoms with Gasteiger partial charge in [0.2, 0.25) is 5.89 Å². The standard InChI is InChI=1S/C21H19N5O2/c1-15-19(22-21(28-15)17-5-3-2-4-6-17)13-14-27-18-10-7-16(8-11-18)9-12-20-23-25-26-24-20/h2-12H,13-14H2,1H3,(H,23,24,25,26)/b12-9+. The van der Waals surface area contributed by atoms with E-state index in [0.29, 0.717) is 24.7 Å². The average molecular weight is 373 g/mol. The Balaban J connectivity index is 1.32. The van der Waals surface area contributed by atoms with Gasteiger partial charge in [0.25, 0.3) is 0 Å². The molecular formula is C21H19N5O2. The van der Waals surface area contributed by atoms with Crippen molar-refractivity contribution in [2.45, 2.75) is 13.3 Å². The Bertz CT molecular complexity index is 1040. The fourth-order valence-corrected chi connectivity index (χ4v) is 2.72. The molecule has 2 heterocycles. The zero-order valence-corrected chi connectivity index (χ0v) is 15.4. The summed E-state index contributed by atoms with van der Waals surface area (Å²) in [5.41, 5.74) is 2.91. The van der Waals surface area contributed by atoms with Crippen molar-refractivity contribution in [1.29, 1.82) is 0 Å². The van der Waals surface area contributed by atoms with Crippen molar-refractivity contribution < 1.29 is 9.15 Å². The number of benzene rings is 2. The third kappa shape index (κ3) is 4.32. The summed E-state index contributed by atoms with van der Waals surface area (Å²) in [4.78, 5) is 4.60. The lowest BCUT2D eigenvalue weighted by Crippen LogP contribution is -2.02. The highest BCUT2D eigenvalue weighted by molar-refractivity contribution is 5.66. The molecule has 0 bridgehead atoms. The van der Waals surface area contributed by atoms with Gasteiger partial charge in [-0.05, 0) is 48.0 Å². The van der Waals surface area contributed by atoms with Crippen LogP contribution in [0.2, 0.25) is 0 Å². The maximum Gasteiger partial charge on any atom is 0.226 e. The molecule has 0 atom stereocenters. The van der Waals surface area contributed by atoms with Crippen molar-refractivity contribution >= 4 is 12.2 Å². The van der Waals surface area contributed by atoms with Crippen LogP contribution in [0.1, 0.15) is 22.8 Å². The van der Waals surface area contributed by atoms with Gasteiger partial charge in [-0.3, -0.25) is 0 Å². The third-order valence-corrected chi connectivity index (χ3v) is 4.19. The number of H-pyrrole nitrogens is 1. The molecule has 0 amide bonds. The molecule has 0 saturated heterocycles. The van der Waals surface area contributed by atoms with Gasteiger partial charge in [-0.1, -0.05) is 36.4 Å². The third-order valence-electron chi connectivity index (χ3n) is 4.19. The summed E-state index contributed by atoms with van der Waals surface area (Å²) in [6.07, 6.45) is 4.39. The summed E-state index contributed by atoms with van der Waals surface area (Å²) in [6, 6.07) is 17.7. The molecule has 0 unspecified atom stereocenters. The molecular weight excluding hydrogens is 354 g/mol. The minimum Gasteiger partial charge on any atom is -0.493 e. The molecule has 1 N–H and O–H groups in total. The maximum absolute atomic E-state index is 5.84. The normalized spacial score (nSPS) is 11.2. The van der Waals surface area contributed by atoms with Crippen LogP contribution in [0, 0.1) is 6.92 Å². The van der Waals surface area contributed by atoms with Gasteiger partial charge < -0.3 is 9.15 Å². The SMILES string of the molecule is Cc1oc(-c2ccccc2)nc1CCOc1ccc(/C=C/c2nn[nH]n2)cc1. The quantitative estimate of drug-likeness (QED) is 0.527. The Labute approximate surface area is 162 Å². The van der Waals surface area contributed by atoms with Gasteiger partial charge in [-0.2, -0.15) is 5.21 Å². The number of tetrazole rings is 1. The highest BCUT2D eigenvalue weighted by Crippen LogP contribution is 2.22. The van der Waals surface area contributed by atoms with Crippen molar-refractivity contribution in [1.82, 2.24) is 25.6 Å². The minimum atomic E-state index is 0.527. The highest BCUT2D eigenvalue weighted by Gasteiger charge is 2.11. The first-order chi connectivity index (χ1) is 13.8. The van der Waals surface area contributed by atoms with Gasteiger partial charge in [0.15, 0.2) is 5.82 Å². The number of aromatic amines is 1. The van der Waals surface area contributed by atoms with E-state index in [0.717, 1.165) is 28.3 Å². The Kier molecular flexibility index (Phi) is 5.24. The molecule has 2 aromatic carbocycles. The van der Waals surface area contributed by atoms with Crippen LogP contribution in [0.15, 0.2) is 59.0 Å². The number of aryl methyl sites for hydroxylation is 1. The van der Waals surface area contributed by atoms with Crippen LogP contribution < -0.4 is 4.74 Å². The van der Waals surface area contributed by atoms with Crippen molar-refractivity contribution in [3.8, 4) is 17.2 Å². The number of rotatable bonds is 7. The molecule has 7 nitrogen and oxygen atoms in total. The van der Waals surface area contributed by atoms with Crippen molar-refractivity contribution in [2.75, 3.05) is 6.61 Å². The summed E-state index contributed by atoms with van der Waals surface area (Å²) in [5.74, 6) is 2.81. The van der Waals surface area contributed by atoms with Gasteiger partial charge >= 0.3 is 0 Å². The van der Waals surface area contributed by atoms with E-state index >= 15 is 0 Å². The maximum atomic E-state index is 5.84. The van der Waals surface area contributed by atoms with E-state index in [-0.39, 0.29) is 0 Å². The first kappa shape index (κ1) is 17.7. The second-order valence-electron chi connectivity index (χ2n) is 6.16. The summed E-state index contributed by atoms with van der Waals surface area (Å²) in [7, 11) is 0. The lowest BCUT2D eigenvalue weighted by atomic mass is 10.2. The predicted molar refractivity (Wildman–Crippen MR) is 105 cm³/mol. The molecule has 7 heteroatoms. The summed E-state index contributed by atoms with van der Waals surface area (Å²) in [6.45, 7) is 2.46. The zero-order chi connectivity index (χ0) is 19.2. The molecule has 0 aliphatic carbocycles. The number of hydrogen-bond donors (Lipinski definition) is 1.